The van der Waals surface area contributed by atoms with Crippen molar-refractivity contribution in [1.29, 1.82) is 0 Å². The van der Waals surface area contributed by atoms with Crippen LogP contribution in [-0.2, 0) is 9.53 Å². The molecular weight excluding hydrogens is 416 g/mol. The van der Waals surface area contributed by atoms with Gasteiger partial charge in [0.05, 0.1) is 12.1 Å². The summed E-state index contributed by atoms with van der Waals surface area (Å²) in [5.74, 6) is -0.0244. The van der Waals surface area contributed by atoms with Gasteiger partial charge in [0.15, 0.2) is 6.40 Å². The molecule has 33 heavy (non-hydrogen) atoms. The van der Waals surface area contributed by atoms with E-state index in [1.54, 1.807) is 23.4 Å². The van der Waals surface area contributed by atoms with Crippen LogP contribution in [0.1, 0.15) is 5.56 Å². The van der Waals surface area contributed by atoms with E-state index in [-0.39, 0.29) is 0 Å². The first-order chi connectivity index (χ1) is 16.2. The molecule has 0 spiro atoms. The van der Waals surface area contributed by atoms with Gasteiger partial charge in [-0.25, -0.2) is 9.98 Å². The number of rotatable bonds is 1. The maximum Gasteiger partial charge on any atom is 0.265 e. The molecule has 5 rings (SSSR count). The monoisotopic (exact) mass is 438 g/mol. The number of nitrogens with two attached hydrogens (primary N) is 1. The van der Waals surface area contributed by atoms with Crippen LogP contribution in [0, 0.1) is 0 Å². The Balaban J connectivity index is 1.63. The minimum Gasteiger partial charge on any atom is -0.479 e. The van der Waals surface area contributed by atoms with Gasteiger partial charge in [-0.05, 0) is 35.2 Å². The third kappa shape index (κ3) is 4.34. The number of carbonyl (C=O) groups is 1. The van der Waals surface area contributed by atoms with Crippen LogP contribution < -0.4 is 10.5 Å². The topological polar surface area (TPSA) is 90.0 Å². The van der Waals surface area contributed by atoms with Gasteiger partial charge < -0.3 is 20.1 Å². The van der Waals surface area contributed by atoms with Crippen LogP contribution in [0.25, 0.3) is 27.8 Å². The van der Waals surface area contributed by atoms with Crippen LogP contribution in [-0.4, -0.2) is 41.4 Å². The van der Waals surface area contributed by atoms with Gasteiger partial charge >= 0.3 is 0 Å². The molecule has 164 valence electrons. The lowest BCUT2D eigenvalue weighted by atomic mass is 10.0. The Morgan fingerprint density at radius 3 is 2.91 bits per heavy atom. The van der Waals surface area contributed by atoms with Crippen LogP contribution in [0.2, 0.25) is 0 Å². The number of ether oxygens (including phenoxy) is 2. The number of amides is 1. The van der Waals surface area contributed by atoms with E-state index in [1.807, 2.05) is 42.5 Å². The molecule has 4 bridgehead atoms. The van der Waals surface area contributed by atoms with E-state index >= 15 is 0 Å². The van der Waals surface area contributed by atoms with E-state index in [9.17, 15) is 4.79 Å². The van der Waals surface area contributed by atoms with Crippen molar-refractivity contribution in [3.63, 3.8) is 0 Å². The van der Waals surface area contributed by atoms with Gasteiger partial charge in [0, 0.05) is 23.2 Å². The number of hydrogen-bond acceptors (Lipinski definition) is 6. The normalized spacial score (nSPS) is 21.0. The van der Waals surface area contributed by atoms with Crippen molar-refractivity contribution in [3.8, 4) is 5.88 Å². The number of carbonyl (C=O) groups excluding carboxylic acids is 1. The lowest BCUT2D eigenvalue weighted by molar-refractivity contribution is -0.115. The number of pyridine rings is 1. The zero-order chi connectivity index (χ0) is 22.6. The summed E-state index contributed by atoms with van der Waals surface area (Å²) in [6.45, 7) is 0.801. The molecular formula is C26H22N4O3. The molecule has 0 aliphatic carbocycles. The minimum atomic E-state index is -0.536. The van der Waals surface area contributed by atoms with Gasteiger partial charge in [0.25, 0.3) is 5.91 Å². The van der Waals surface area contributed by atoms with Crippen molar-refractivity contribution in [2.75, 3.05) is 13.2 Å². The number of allylic oxidation sites excluding steroid dienone is 2. The van der Waals surface area contributed by atoms with Crippen LogP contribution in [0.3, 0.4) is 0 Å². The molecule has 3 aromatic rings. The SMILES string of the molecule is NC(=O)C1=CC2CN1/C=C/N=COC/C=C/C=C/c1ccc3c(c1)c(nc1ccccc13)O2. The predicted molar refractivity (Wildman–Crippen MR) is 129 cm³/mol. The Morgan fingerprint density at radius 1 is 1.09 bits per heavy atom. The molecule has 1 unspecified atom stereocenters. The summed E-state index contributed by atoms with van der Waals surface area (Å²) >= 11 is 0. The summed E-state index contributed by atoms with van der Waals surface area (Å²) in [4.78, 5) is 22.6. The highest BCUT2D eigenvalue weighted by Gasteiger charge is 2.27. The fourth-order valence-corrected chi connectivity index (χ4v) is 3.93. The molecule has 2 aliphatic heterocycles. The van der Waals surface area contributed by atoms with Crippen LogP contribution in [0.5, 0.6) is 5.88 Å². The second kappa shape index (κ2) is 9.00. The molecule has 0 saturated carbocycles. The van der Waals surface area contributed by atoms with Gasteiger partial charge in [0.1, 0.15) is 18.4 Å². The number of primary amides is 1. The maximum absolute atomic E-state index is 12.0. The van der Waals surface area contributed by atoms with Gasteiger partial charge in [0.2, 0.25) is 5.88 Å². The van der Waals surface area contributed by atoms with Crippen LogP contribution in [0.15, 0.2) is 89.9 Å². The number of hydrogen-bond donors (Lipinski definition) is 1. The van der Waals surface area contributed by atoms with E-state index in [0.717, 1.165) is 27.2 Å². The van der Waals surface area contributed by atoms with Gasteiger partial charge in [-0.1, -0.05) is 48.6 Å². The zero-order valence-corrected chi connectivity index (χ0v) is 17.8. The summed E-state index contributed by atoms with van der Waals surface area (Å²) in [7, 11) is 0. The standard InChI is InChI=1S/C26H22N4O3/c27-25(31)24-15-19-16-30(24)12-11-28-17-32-13-5-1-2-6-18-9-10-20-21-7-3-4-8-23(21)29-26(33-19)22(20)14-18/h1-12,14-15,17,19H,13,16H2,(H2,27,31)/b5-1+,6-2+,12-11+,28-17?. The zero-order valence-electron chi connectivity index (χ0n) is 17.8. The summed E-state index contributed by atoms with van der Waals surface area (Å²) in [5, 5.41) is 3.00. The summed E-state index contributed by atoms with van der Waals surface area (Å²) in [5.41, 5.74) is 7.80. The maximum atomic E-state index is 12.0. The highest BCUT2D eigenvalue weighted by Crippen LogP contribution is 2.33. The first-order valence-electron chi connectivity index (χ1n) is 10.6. The van der Waals surface area contributed by atoms with Gasteiger partial charge in [-0.2, -0.15) is 0 Å². The fraction of sp³-hybridized carbons (Fsp3) is 0.115. The third-order valence-electron chi connectivity index (χ3n) is 5.43. The van der Waals surface area contributed by atoms with Gasteiger partial charge in [-0.3, -0.25) is 4.79 Å². The average Bonchev–Trinajstić information content (AvgIpc) is 3.22. The molecule has 0 saturated heterocycles. The molecule has 1 amide bonds. The van der Waals surface area contributed by atoms with E-state index in [4.69, 9.17) is 20.2 Å². The molecule has 7 nitrogen and oxygen atoms in total. The molecule has 7 heteroatoms. The van der Waals surface area contributed by atoms with Gasteiger partial charge in [-0.15, -0.1) is 0 Å². The van der Waals surface area contributed by atoms with Crippen molar-refractivity contribution in [3.05, 3.63) is 90.4 Å². The molecule has 3 heterocycles. The number of nitrogens with zero attached hydrogens (tertiary/aromatic N) is 3. The van der Waals surface area contributed by atoms with E-state index in [0.29, 0.717) is 24.7 Å². The van der Waals surface area contributed by atoms with Crippen molar-refractivity contribution in [2.45, 2.75) is 6.10 Å². The molecule has 1 aromatic heterocycles. The second-order valence-corrected chi connectivity index (χ2v) is 7.64. The fourth-order valence-electron chi connectivity index (χ4n) is 3.93. The highest BCUT2D eigenvalue weighted by atomic mass is 16.5. The van der Waals surface area contributed by atoms with Crippen molar-refractivity contribution >= 4 is 40.1 Å². The molecule has 0 radical (unpaired) electrons. The second-order valence-electron chi connectivity index (χ2n) is 7.64. The number of fused-ring (bicyclic) bond motifs is 5. The average molecular weight is 438 g/mol. The lowest BCUT2D eigenvalue weighted by Crippen LogP contribution is -2.27. The highest BCUT2D eigenvalue weighted by molar-refractivity contribution is 6.08. The number of aliphatic imine (C=N–C) groups is 1. The van der Waals surface area contributed by atoms with Crippen molar-refractivity contribution < 1.29 is 14.3 Å². The predicted octanol–water partition coefficient (Wildman–Crippen LogP) is 3.92. The van der Waals surface area contributed by atoms with Crippen molar-refractivity contribution in [2.24, 2.45) is 10.7 Å². The Bertz CT molecular complexity index is 1370. The number of benzene rings is 2. The van der Waals surface area contributed by atoms with E-state index in [1.165, 1.54) is 6.40 Å². The molecule has 2 aliphatic rings. The molecule has 2 aromatic carbocycles. The Labute approximate surface area is 190 Å². The Hall–Kier alpha value is -4.39. The molecule has 0 fully saturated rings. The summed E-state index contributed by atoms with van der Waals surface area (Å²) in [6, 6.07) is 14.2. The Kier molecular flexibility index (Phi) is 5.59. The van der Waals surface area contributed by atoms with Crippen LogP contribution >= 0.6 is 0 Å². The molecule has 2 N–H and O–H groups in total. The van der Waals surface area contributed by atoms with E-state index in [2.05, 4.69) is 29.3 Å². The third-order valence-corrected chi connectivity index (χ3v) is 5.43. The first kappa shape index (κ1) is 20.5. The summed E-state index contributed by atoms with van der Waals surface area (Å²) < 4.78 is 11.7. The quantitative estimate of drug-likeness (QED) is 0.582. The van der Waals surface area contributed by atoms with Crippen molar-refractivity contribution in [1.82, 2.24) is 9.88 Å². The largest absolute Gasteiger partial charge is 0.479 e. The van der Waals surface area contributed by atoms with E-state index < -0.39 is 12.0 Å². The summed E-state index contributed by atoms with van der Waals surface area (Å²) in [6.07, 6.45) is 13.7. The number of aromatic nitrogens is 1. The Morgan fingerprint density at radius 2 is 2.00 bits per heavy atom. The lowest BCUT2D eigenvalue weighted by Gasteiger charge is -2.18. The smallest absolute Gasteiger partial charge is 0.265 e. The minimum absolute atomic E-state index is 0.349. The first-order valence-corrected chi connectivity index (χ1v) is 10.6. The number of para-hydroxylation sites is 1. The molecule has 1 atom stereocenters. The van der Waals surface area contributed by atoms with Crippen LogP contribution in [0.4, 0.5) is 0 Å².